The predicted octanol–water partition coefficient (Wildman–Crippen LogP) is 4.73. The van der Waals surface area contributed by atoms with Crippen molar-refractivity contribution in [3.63, 3.8) is 0 Å². The summed E-state index contributed by atoms with van der Waals surface area (Å²) in [7, 11) is 0. The molecule has 2 aromatic rings. The lowest BCUT2D eigenvalue weighted by molar-refractivity contribution is 0.275. The Morgan fingerprint density at radius 2 is 1.45 bits per heavy atom. The van der Waals surface area contributed by atoms with Gasteiger partial charge in [-0.05, 0) is 35.7 Å². The average Bonchev–Trinajstić information content (AvgIpc) is 2.38. The van der Waals surface area contributed by atoms with Crippen LogP contribution in [0.3, 0.4) is 0 Å². The molecule has 1 N–H and O–H groups in total. The number of hydrogen-bond donors (Lipinski definition) is 1. The van der Waals surface area contributed by atoms with E-state index >= 15 is 0 Å². The zero-order valence-electron chi connectivity index (χ0n) is 10.8. The number of halogens is 3. The molecule has 1 fully saturated rings. The van der Waals surface area contributed by atoms with E-state index in [1.165, 1.54) is 0 Å². The maximum atomic E-state index is 6.37. The minimum atomic E-state index is -0.0209. The van der Waals surface area contributed by atoms with Crippen molar-refractivity contribution in [1.82, 2.24) is 5.32 Å². The van der Waals surface area contributed by atoms with Gasteiger partial charge < -0.3 is 5.32 Å². The number of rotatable bonds is 3. The Labute approximate surface area is 133 Å². The zero-order chi connectivity index (χ0) is 14.2. The molecule has 104 valence electrons. The monoisotopic (exact) mass is 325 g/mol. The van der Waals surface area contributed by atoms with Crippen LogP contribution in [-0.2, 0) is 11.8 Å². The molecule has 20 heavy (non-hydrogen) atoms. The zero-order valence-corrected chi connectivity index (χ0v) is 13.1. The molecule has 0 aliphatic carbocycles. The predicted molar refractivity (Wildman–Crippen MR) is 86.2 cm³/mol. The Morgan fingerprint density at radius 3 is 2.00 bits per heavy atom. The van der Waals surface area contributed by atoms with Crippen molar-refractivity contribution in [2.24, 2.45) is 0 Å². The minimum absolute atomic E-state index is 0.0209. The molecular formula is C16H14Cl3N. The summed E-state index contributed by atoms with van der Waals surface area (Å²) in [6.07, 6.45) is 0.794. The summed E-state index contributed by atoms with van der Waals surface area (Å²) in [4.78, 5) is 0. The van der Waals surface area contributed by atoms with E-state index < -0.39 is 0 Å². The van der Waals surface area contributed by atoms with Crippen molar-refractivity contribution in [3.05, 3.63) is 68.7 Å². The van der Waals surface area contributed by atoms with Gasteiger partial charge in [0.05, 0.1) is 0 Å². The van der Waals surface area contributed by atoms with E-state index in [0.717, 1.165) is 45.7 Å². The molecule has 2 aromatic carbocycles. The van der Waals surface area contributed by atoms with Crippen LogP contribution < -0.4 is 5.32 Å². The normalized spacial score (nSPS) is 16.8. The van der Waals surface area contributed by atoms with E-state index in [4.69, 9.17) is 34.8 Å². The van der Waals surface area contributed by atoms with Crippen molar-refractivity contribution < 1.29 is 0 Å². The third-order valence-corrected chi connectivity index (χ3v) is 4.99. The van der Waals surface area contributed by atoms with Gasteiger partial charge >= 0.3 is 0 Å². The quantitative estimate of drug-likeness (QED) is 0.859. The van der Waals surface area contributed by atoms with Crippen LogP contribution in [0, 0.1) is 0 Å². The molecule has 1 aliphatic heterocycles. The summed E-state index contributed by atoms with van der Waals surface area (Å²) < 4.78 is 0. The van der Waals surface area contributed by atoms with Gasteiger partial charge in [0, 0.05) is 33.6 Å². The summed E-state index contributed by atoms with van der Waals surface area (Å²) in [5.74, 6) is 0. The van der Waals surface area contributed by atoms with Crippen LogP contribution in [0.15, 0.2) is 42.5 Å². The molecule has 1 heterocycles. The number of benzene rings is 2. The van der Waals surface area contributed by atoms with Gasteiger partial charge in [0.15, 0.2) is 0 Å². The summed E-state index contributed by atoms with van der Waals surface area (Å²) in [6.45, 7) is 1.77. The number of hydrogen-bond acceptors (Lipinski definition) is 1. The Kier molecular flexibility index (Phi) is 3.96. The molecule has 0 amide bonds. The van der Waals surface area contributed by atoms with Crippen LogP contribution in [0.2, 0.25) is 15.1 Å². The molecule has 1 aliphatic rings. The molecule has 3 rings (SSSR count). The Balaban J connectivity index is 2.01. The Bertz CT molecular complexity index is 615. The van der Waals surface area contributed by atoms with E-state index in [1.54, 1.807) is 0 Å². The van der Waals surface area contributed by atoms with Gasteiger partial charge in [-0.15, -0.1) is 0 Å². The summed E-state index contributed by atoms with van der Waals surface area (Å²) in [5.41, 5.74) is 2.14. The largest absolute Gasteiger partial charge is 0.315 e. The van der Waals surface area contributed by atoms with Crippen LogP contribution in [0.1, 0.15) is 11.1 Å². The fourth-order valence-electron chi connectivity index (χ4n) is 2.77. The lowest BCUT2D eigenvalue weighted by Crippen LogP contribution is -2.58. The molecule has 0 saturated carbocycles. The average molecular weight is 327 g/mol. The lowest BCUT2D eigenvalue weighted by atomic mass is 9.71. The molecule has 0 radical (unpaired) electrons. The molecule has 1 saturated heterocycles. The maximum absolute atomic E-state index is 6.37. The van der Waals surface area contributed by atoms with E-state index in [9.17, 15) is 0 Å². The topological polar surface area (TPSA) is 12.0 Å². The van der Waals surface area contributed by atoms with E-state index in [-0.39, 0.29) is 5.41 Å². The van der Waals surface area contributed by atoms with Crippen LogP contribution >= 0.6 is 34.8 Å². The second-order valence-electron chi connectivity index (χ2n) is 5.24. The third kappa shape index (κ3) is 2.44. The maximum Gasteiger partial charge on any atom is 0.0453 e. The van der Waals surface area contributed by atoms with Gasteiger partial charge in [-0.25, -0.2) is 0 Å². The van der Waals surface area contributed by atoms with Gasteiger partial charge in [0.2, 0.25) is 0 Å². The van der Waals surface area contributed by atoms with Gasteiger partial charge in [-0.2, -0.15) is 0 Å². The fourth-order valence-corrected chi connectivity index (χ4v) is 3.64. The highest BCUT2D eigenvalue weighted by Gasteiger charge is 2.40. The van der Waals surface area contributed by atoms with Gasteiger partial charge in [0.25, 0.3) is 0 Å². The van der Waals surface area contributed by atoms with Gasteiger partial charge in [-0.1, -0.05) is 59.1 Å². The van der Waals surface area contributed by atoms with Crippen LogP contribution in [0.4, 0.5) is 0 Å². The molecule has 0 bridgehead atoms. The highest BCUT2D eigenvalue weighted by molar-refractivity contribution is 6.36. The molecular weight excluding hydrogens is 313 g/mol. The second-order valence-corrected chi connectivity index (χ2v) is 6.46. The third-order valence-electron chi connectivity index (χ3n) is 3.95. The van der Waals surface area contributed by atoms with Crippen molar-refractivity contribution in [2.45, 2.75) is 11.8 Å². The smallest absolute Gasteiger partial charge is 0.0453 e. The molecule has 0 unspecified atom stereocenters. The summed E-state index contributed by atoms with van der Waals surface area (Å²) in [5, 5.41) is 5.58. The minimum Gasteiger partial charge on any atom is -0.315 e. The molecule has 4 heteroatoms. The van der Waals surface area contributed by atoms with E-state index in [0.29, 0.717) is 0 Å². The van der Waals surface area contributed by atoms with E-state index in [1.807, 2.05) is 36.4 Å². The van der Waals surface area contributed by atoms with Crippen LogP contribution in [0.5, 0.6) is 0 Å². The molecule has 0 aromatic heterocycles. The van der Waals surface area contributed by atoms with E-state index in [2.05, 4.69) is 11.4 Å². The van der Waals surface area contributed by atoms with Crippen molar-refractivity contribution in [3.8, 4) is 0 Å². The van der Waals surface area contributed by atoms with Crippen LogP contribution in [-0.4, -0.2) is 13.1 Å². The first kappa shape index (κ1) is 14.2. The second kappa shape index (κ2) is 5.57. The molecule has 0 atom stereocenters. The highest BCUT2D eigenvalue weighted by atomic mass is 35.5. The Hall–Kier alpha value is -0.730. The van der Waals surface area contributed by atoms with Crippen LogP contribution in [0.25, 0.3) is 0 Å². The SMILES string of the molecule is Clc1ccccc1C1(Cc2c(Cl)cccc2Cl)CNC1. The first-order valence-electron chi connectivity index (χ1n) is 6.51. The first-order valence-corrected chi connectivity index (χ1v) is 7.64. The van der Waals surface area contributed by atoms with Crippen molar-refractivity contribution in [1.29, 1.82) is 0 Å². The molecule has 1 nitrogen and oxygen atoms in total. The lowest BCUT2D eigenvalue weighted by Gasteiger charge is -2.44. The summed E-state index contributed by atoms with van der Waals surface area (Å²) in [6, 6.07) is 13.6. The van der Waals surface area contributed by atoms with Crippen molar-refractivity contribution >= 4 is 34.8 Å². The standard InChI is InChI=1S/C16H14Cl3N/c17-13-6-3-7-14(18)11(13)8-16(9-20-10-16)12-4-1-2-5-15(12)19/h1-7,20H,8-10H2. The first-order chi connectivity index (χ1) is 9.62. The fraction of sp³-hybridized carbons (Fsp3) is 0.250. The van der Waals surface area contributed by atoms with Gasteiger partial charge in [-0.3, -0.25) is 0 Å². The Morgan fingerprint density at radius 1 is 0.850 bits per heavy atom. The highest BCUT2D eigenvalue weighted by Crippen LogP contribution is 2.39. The van der Waals surface area contributed by atoms with Crippen molar-refractivity contribution in [2.75, 3.05) is 13.1 Å². The van der Waals surface area contributed by atoms with Gasteiger partial charge in [0.1, 0.15) is 0 Å². The molecule has 0 spiro atoms. The number of nitrogens with one attached hydrogen (secondary N) is 1. The summed E-state index contributed by atoms with van der Waals surface area (Å²) >= 11 is 19.0.